The van der Waals surface area contributed by atoms with Gasteiger partial charge in [0.25, 0.3) is 0 Å². The minimum Gasteiger partial charge on any atom is -0.488 e. The van der Waals surface area contributed by atoms with Gasteiger partial charge in [-0.15, -0.1) is 0 Å². The molecule has 0 bridgehead atoms. The second-order valence-corrected chi connectivity index (χ2v) is 6.27. The first-order valence-corrected chi connectivity index (χ1v) is 8.21. The van der Waals surface area contributed by atoms with Gasteiger partial charge in [0.2, 0.25) is 0 Å². The first-order chi connectivity index (χ1) is 10.6. The molecule has 1 aromatic rings. The molecule has 1 amide bonds. The molecular weight excluding hydrogens is 304 g/mol. The lowest BCUT2D eigenvalue weighted by Crippen LogP contribution is -2.41. The molecule has 2 saturated heterocycles. The van der Waals surface area contributed by atoms with Gasteiger partial charge in [0.05, 0.1) is 10.7 Å². The minimum absolute atomic E-state index is 0.0513. The standard InChI is InChI=1S/C16H21ClN2O3/c17-13-4-3-5-14(15(13)18-8-1-2-9-18)22-12-6-10-19(11-7-12)16(20)21/h3-5,12H,1-2,6-11H2,(H,20,21). The van der Waals surface area contributed by atoms with Crippen LogP contribution in [0.15, 0.2) is 18.2 Å². The van der Waals surface area contributed by atoms with Crippen molar-refractivity contribution >= 4 is 23.4 Å². The van der Waals surface area contributed by atoms with Gasteiger partial charge in [0, 0.05) is 39.0 Å². The quantitative estimate of drug-likeness (QED) is 0.925. The summed E-state index contributed by atoms with van der Waals surface area (Å²) in [6, 6.07) is 5.77. The number of benzene rings is 1. The number of ether oxygens (including phenoxy) is 1. The van der Waals surface area contributed by atoms with Crippen LogP contribution in [0.1, 0.15) is 25.7 Å². The molecule has 2 aliphatic heterocycles. The SMILES string of the molecule is O=C(O)N1CCC(Oc2cccc(Cl)c2N2CCCC2)CC1. The Labute approximate surface area is 135 Å². The van der Waals surface area contributed by atoms with E-state index in [1.54, 1.807) is 0 Å². The number of likely N-dealkylation sites (tertiary alicyclic amines) is 1. The number of rotatable bonds is 3. The Hall–Kier alpha value is -1.62. The van der Waals surface area contributed by atoms with E-state index in [1.165, 1.54) is 17.7 Å². The van der Waals surface area contributed by atoms with Crippen molar-refractivity contribution in [3.8, 4) is 5.75 Å². The highest BCUT2D eigenvalue weighted by Gasteiger charge is 2.26. The molecule has 2 heterocycles. The summed E-state index contributed by atoms with van der Waals surface area (Å²) >= 11 is 6.38. The molecule has 0 aliphatic carbocycles. The Morgan fingerprint density at radius 1 is 1.18 bits per heavy atom. The number of halogens is 1. The fourth-order valence-electron chi connectivity index (χ4n) is 3.18. The molecule has 2 aliphatic rings. The highest BCUT2D eigenvalue weighted by atomic mass is 35.5. The van der Waals surface area contributed by atoms with Crippen molar-refractivity contribution in [1.29, 1.82) is 0 Å². The van der Waals surface area contributed by atoms with Crippen LogP contribution < -0.4 is 9.64 Å². The predicted molar refractivity (Wildman–Crippen MR) is 86.1 cm³/mol. The van der Waals surface area contributed by atoms with Gasteiger partial charge >= 0.3 is 6.09 Å². The summed E-state index contributed by atoms with van der Waals surface area (Å²) in [5.41, 5.74) is 0.988. The highest BCUT2D eigenvalue weighted by molar-refractivity contribution is 6.33. The van der Waals surface area contributed by atoms with E-state index in [0.29, 0.717) is 13.1 Å². The number of amides is 1. The van der Waals surface area contributed by atoms with E-state index in [9.17, 15) is 4.79 Å². The van der Waals surface area contributed by atoms with E-state index in [0.717, 1.165) is 42.4 Å². The van der Waals surface area contributed by atoms with E-state index < -0.39 is 6.09 Å². The third-order valence-corrected chi connectivity index (χ3v) is 4.68. The van der Waals surface area contributed by atoms with Crippen LogP contribution in [0.25, 0.3) is 0 Å². The monoisotopic (exact) mass is 324 g/mol. The third kappa shape index (κ3) is 3.24. The van der Waals surface area contributed by atoms with Crippen molar-refractivity contribution < 1.29 is 14.6 Å². The highest BCUT2D eigenvalue weighted by Crippen LogP contribution is 2.38. The molecule has 3 rings (SSSR count). The molecular formula is C16H21ClN2O3. The number of nitrogens with zero attached hydrogens (tertiary/aromatic N) is 2. The summed E-state index contributed by atoms with van der Waals surface area (Å²) in [6.07, 6.45) is 3.01. The Morgan fingerprint density at radius 3 is 2.50 bits per heavy atom. The molecule has 0 saturated carbocycles. The molecule has 1 aromatic carbocycles. The summed E-state index contributed by atoms with van der Waals surface area (Å²) in [5.74, 6) is 0.822. The van der Waals surface area contributed by atoms with Crippen LogP contribution in [0.3, 0.4) is 0 Å². The van der Waals surface area contributed by atoms with Crippen molar-refractivity contribution in [2.24, 2.45) is 0 Å². The molecule has 22 heavy (non-hydrogen) atoms. The maximum absolute atomic E-state index is 11.0. The topological polar surface area (TPSA) is 53.0 Å². The van der Waals surface area contributed by atoms with Crippen LogP contribution in [0.4, 0.5) is 10.5 Å². The maximum atomic E-state index is 11.0. The van der Waals surface area contributed by atoms with Crippen LogP contribution in [0, 0.1) is 0 Å². The van der Waals surface area contributed by atoms with Crippen molar-refractivity contribution in [3.63, 3.8) is 0 Å². The Morgan fingerprint density at radius 2 is 1.86 bits per heavy atom. The smallest absolute Gasteiger partial charge is 0.407 e. The molecule has 0 aromatic heterocycles. The molecule has 0 spiro atoms. The first kappa shape index (κ1) is 15.3. The summed E-state index contributed by atoms with van der Waals surface area (Å²) < 4.78 is 6.16. The lowest BCUT2D eigenvalue weighted by atomic mass is 10.1. The van der Waals surface area contributed by atoms with Crippen LogP contribution in [-0.2, 0) is 0 Å². The Kier molecular flexibility index (Phi) is 4.62. The fraction of sp³-hybridized carbons (Fsp3) is 0.562. The molecule has 5 nitrogen and oxygen atoms in total. The van der Waals surface area contributed by atoms with E-state index >= 15 is 0 Å². The average molecular weight is 325 g/mol. The molecule has 2 fully saturated rings. The zero-order chi connectivity index (χ0) is 15.5. The molecule has 120 valence electrons. The normalized spacial score (nSPS) is 19.5. The lowest BCUT2D eigenvalue weighted by Gasteiger charge is -2.31. The zero-order valence-corrected chi connectivity index (χ0v) is 13.3. The molecule has 0 unspecified atom stereocenters. The molecule has 0 radical (unpaired) electrons. The maximum Gasteiger partial charge on any atom is 0.407 e. The van der Waals surface area contributed by atoms with E-state index in [2.05, 4.69) is 4.90 Å². The fourth-order valence-corrected chi connectivity index (χ4v) is 3.47. The van der Waals surface area contributed by atoms with Gasteiger partial charge in [-0.05, 0) is 25.0 Å². The van der Waals surface area contributed by atoms with Crippen molar-refractivity contribution in [2.45, 2.75) is 31.8 Å². The van der Waals surface area contributed by atoms with Gasteiger partial charge in [0.1, 0.15) is 11.9 Å². The summed E-state index contributed by atoms with van der Waals surface area (Å²) in [6.45, 7) is 3.08. The average Bonchev–Trinajstić information content (AvgIpc) is 3.02. The van der Waals surface area contributed by atoms with E-state index in [-0.39, 0.29) is 6.10 Å². The number of piperidine rings is 1. The molecule has 0 atom stereocenters. The van der Waals surface area contributed by atoms with Gasteiger partial charge in [0.15, 0.2) is 0 Å². The molecule has 6 heteroatoms. The van der Waals surface area contributed by atoms with Gasteiger partial charge in [-0.3, -0.25) is 0 Å². The third-order valence-electron chi connectivity index (χ3n) is 4.38. The lowest BCUT2D eigenvalue weighted by molar-refractivity contribution is 0.0897. The van der Waals surface area contributed by atoms with E-state index in [1.807, 2.05) is 18.2 Å². The Balaban J connectivity index is 1.70. The second-order valence-electron chi connectivity index (χ2n) is 5.87. The number of hydrogen-bond acceptors (Lipinski definition) is 3. The van der Waals surface area contributed by atoms with Crippen LogP contribution in [0.5, 0.6) is 5.75 Å². The summed E-state index contributed by atoms with van der Waals surface area (Å²) in [4.78, 5) is 14.7. The first-order valence-electron chi connectivity index (χ1n) is 7.83. The number of para-hydroxylation sites is 1. The van der Waals surface area contributed by atoms with E-state index in [4.69, 9.17) is 21.4 Å². The minimum atomic E-state index is -0.848. The molecule has 1 N–H and O–H groups in total. The van der Waals surface area contributed by atoms with Crippen LogP contribution in [0.2, 0.25) is 5.02 Å². The number of carboxylic acid groups (broad SMARTS) is 1. The zero-order valence-electron chi connectivity index (χ0n) is 12.5. The number of hydrogen-bond donors (Lipinski definition) is 1. The largest absolute Gasteiger partial charge is 0.488 e. The van der Waals surface area contributed by atoms with Gasteiger partial charge in [-0.2, -0.15) is 0 Å². The Bertz CT molecular complexity index is 538. The van der Waals surface area contributed by atoms with Crippen molar-refractivity contribution in [3.05, 3.63) is 23.2 Å². The van der Waals surface area contributed by atoms with Crippen molar-refractivity contribution in [2.75, 3.05) is 31.1 Å². The predicted octanol–water partition coefficient (Wildman–Crippen LogP) is 3.46. The van der Waals surface area contributed by atoms with Gasteiger partial charge < -0.3 is 19.6 Å². The van der Waals surface area contributed by atoms with Crippen LogP contribution >= 0.6 is 11.6 Å². The van der Waals surface area contributed by atoms with Gasteiger partial charge in [-0.1, -0.05) is 17.7 Å². The summed E-state index contributed by atoms with van der Waals surface area (Å²) in [5, 5.41) is 9.72. The van der Waals surface area contributed by atoms with Crippen LogP contribution in [-0.4, -0.2) is 48.4 Å². The van der Waals surface area contributed by atoms with Crippen molar-refractivity contribution in [1.82, 2.24) is 4.90 Å². The number of anilines is 1. The number of carbonyl (C=O) groups is 1. The van der Waals surface area contributed by atoms with Gasteiger partial charge in [-0.25, -0.2) is 4.79 Å². The summed E-state index contributed by atoms with van der Waals surface area (Å²) in [7, 11) is 0. The second kappa shape index (κ2) is 6.65.